The molecule has 2 aromatic heterocycles. The molecule has 0 bridgehead atoms. The van der Waals surface area contributed by atoms with Crippen molar-refractivity contribution in [2.45, 2.75) is 17.2 Å². The fourth-order valence-corrected chi connectivity index (χ4v) is 4.22. The number of nitrogens with zero attached hydrogens (tertiary/aromatic N) is 4. The van der Waals surface area contributed by atoms with Crippen LogP contribution in [-0.4, -0.2) is 40.9 Å². The summed E-state index contributed by atoms with van der Waals surface area (Å²) in [5, 5.41) is 4.00. The first-order valence-corrected chi connectivity index (χ1v) is 9.33. The van der Waals surface area contributed by atoms with Crippen LogP contribution in [0.1, 0.15) is 23.2 Å². The van der Waals surface area contributed by atoms with Gasteiger partial charge in [0.2, 0.25) is 15.9 Å². The van der Waals surface area contributed by atoms with E-state index in [1.165, 1.54) is 10.5 Å². The fourth-order valence-electron chi connectivity index (χ4n) is 2.72. The Morgan fingerprint density at radius 3 is 2.64 bits per heavy atom. The summed E-state index contributed by atoms with van der Waals surface area (Å²) < 4.78 is 31.6. The highest BCUT2D eigenvalue weighted by molar-refractivity contribution is 7.89. The molecule has 0 unspecified atom stereocenters. The zero-order valence-electron chi connectivity index (χ0n) is 13.3. The number of benzene rings is 1. The highest BCUT2D eigenvalue weighted by Crippen LogP contribution is 2.31. The van der Waals surface area contributed by atoms with Crippen molar-refractivity contribution in [3.8, 4) is 0 Å². The van der Waals surface area contributed by atoms with Crippen LogP contribution in [-0.2, 0) is 16.4 Å². The highest BCUT2D eigenvalue weighted by Gasteiger charge is 2.40. The van der Waals surface area contributed by atoms with Gasteiger partial charge < -0.3 is 4.52 Å². The monoisotopic (exact) mass is 356 g/mol. The predicted octanol–water partition coefficient (Wildman–Crippen LogP) is 1.84. The van der Waals surface area contributed by atoms with Gasteiger partial charge in [-0.05, 0) is 17.7 Å². The molecule has 0 atom stereocenters. The van der Waals surface area contributed by atoms with Crippen molar-refractivity contribution in [3.63, 3.8) is 0 Å². The Labute approximate surface area is 145 Å². The Bertz CT molecular complexity index is 952. The molecule has 0 radical (unpaired) electrons. The molecule has 0 aliphatic carbocycles. The predicted molar refractivity (Wildman–Crippen MR) is 89.3 cm³/mol. The van der Waals surface area contributed by atoms with E-state index in [0.29, 0.717) is 31.2 Å². The van der Waals surface area contributed by atoms with E-state index in [1.54, 1.807) is 18.3 Å². The van der Waals surface area contributed by atoms with Gasteiger partial charge in [-0.1, -0.05) is 35.5 Å². The normalized spacial score (nSPS) is 15.8. The smallest absolute Gasteiger partial charge is 0.244 e. The van der Waals surface area contributed by atoms with Crippen LogP contribution in [0.15, 0.2) is 64.3 Å². The van der Waals surface area contributed by atoms with Crippen LogP contribution in [0.25, 0.3) is 0 Å². The Morgan fingerprint density at radius 1 is 1.12 bits per heavy atom. The van der Waals surface area contributed by atoms with Crippen LogP contribution in [0.3, 0.4) is 0 Å². The second-order valence-corrected chi connectivity index (χ2v) is 7.86. The van der Waals surface area contributed by atoms with E-state index < -0.39 is 10.0 Å². The molecule has 1 aliphatic heterocycles. The molecule has 1 aliphatic rings. The molecular formula is C17H16N4O3S. The molecule has 1 aromatic carbocycles. The topological polar surface area (TPSA) is 89.2 Å². The zero-order chi connectivity index (χ0) is 17.3. The molecule has 4 rings (SSSR count). The number of sulfonamides is 1. The van der Waals surface area contributed by atoms with Crippen LogP contribution in [0.2, 0.25) is 0 Å². The molecule has 1 saturated heterocycles. The molecule has 0 spiro atoms. The Balaban J connectivity index is 1.41. The van der Waals surface area contributed by atoms with Gasteiger partial charge in [0, 0.05) is 31.9 Å². The minimum absolute atomic E-state index is 0.0662. The lowest BCUT2D eigenvalue weighted by Gasteiger charge is -2.35. The summed E-state index contributed by atoms with van der Waals surface area (Å²) in [6.07, 6.45) is 3.49. The number of hydrogen-bond donors (Lipinski definition) is 0. The lowest BCUT2D eigenvalue weighted by atomic mass is 10.0. The lowest BCUT2D eigenvalue weighted by Crippen LogP contribution is -2.48. The molecule has 1 fully saturated rings. The number of hydrogen-bond acceptors (Lipinski definition) is 6. The van der Waals surface area contributed by atoms with Crippen molar-refractivity contribution in [1.29, 1.82) is 0 Å². The Hall–Kier alpha value is -2.58. The zero-order valence-corrected chi connectivity index (χ0v) is 14.1. The first kappa shape index (κ1) is 15.9. The van der Waals surface area contributed by atoms with E-state index in [0.717, 1.165) is 5.56 Å². The SMILES string of the molecule is O=S(=O)(c1cccnc1)N1CC(c2nc(Cc3ccccc3)no2)C1. The highest BCUT2D eigenvalue weighted by atomic mass is 32.2. The molecular weight excluding hydrogens is 340 g/mol. The van der Waals surface area contributed by atoms with Crippen molar-refractivity contribution in [2.75, 3.05) is 13.1 Å². The molecule has 3 aromatic rings. The second kappa shape index (κ2) is 6.38. The first-order valence-electron chi connectivity index (χ1n) is 7.89. The maximum absolute atomic E-state index is 12.5. The molecule has 0 N–H and O–H groups in total. The summed E-state index contributed by atoms with van der Waals surface area (Å²) >= 11 is 0. The van der Waals surface area contributed by atoms with E-state index in [1.807, 2.05) is 30.3 Å². The van der Waals surface area contributed by atoms with Gasteiger partial charge in [-0.2, -0.15) is 9.29 Å². The number of aromatic nitrogens is 3. The Morgan fingerprint density at radius 2 is 1.92 bits per heavy atom. The lowest BCUT2D eigenvalue weighted by molar-refractivity contribution is 0.216. The number of rotatable bonds is 5. The van der Waals surface area contributed by atoms with Crippen LogP contribution in [0.5, 0.6) is 0 Å². The maximum Gasteiger partial charge on any atom is 0.244 e. The van der Waals surface area contributed by atoms with E-state index >= 15 is 0 Å². The summed E-state index contributed by atoms with van der Waals surface area (Å²) in [6, 6.07) is 13.0. The molecule has 8 heteroatoms. The van der Waals surface area contributed by atoms with Crippen LogP contribution in [0.4, 0.5) is 0 Å². The van der Waals surface area contributed by atoms with E-state index in [4.69, 9.17) is 4.52 Å². The van der Waals surface area contributed by atoms with Gasteiger partial charge in [0.25, 0.3) is 0 Å². The second-order valence-electron chi connectivity index (χ2n) is 5.92. The average Bonchev–Trinajstić information content (AvgIpc) is 3.03. The van der Waals surface area contributed by atoms with Crippen molar-refractivity contribution in [3.05, 3.63) is 72.1 Å². The summed E-state index contributed by atoms with van der Waals surface area (Å²) in [7, 11) is -3.50. The van der Waals surface area contributed by atoms with Crippen molar-refractivity contribution < 1.29 is 12.9 Å². The number of pyridine rings is 1. The fraction of sp³-hybridized carbons (Fsp3) is 0.235. The van der Waals surface area contributed by atoms with Gasteiger partial charge in [0.05, 0.1) is 5.92 Å². The van der Waals surface area contributed by atoms with E-state index in [9.17, 15) is 8.42 Å². The molecule has 25 heavy (non-hydrogen) atoms. The van der Waals surface area contributed by atoms with Gasteiger partial charge in [0.15, 0.2) is 5.82 Å². The summed E-state index contributed by atoms with van der Waals surface area (Å²) in [5.41, 5.74) is 1.10. The molecule has 3 heterocycles. The summed E-state index contributed by atoms with van der Waals surface area (Å²) in [6.45, 7) is 0.675. The van der Waals surface area contributed by atoms with Crippen molar-refractivity contribution in [2.24, 2.45) is 0 Å². The Kier molecular flexibility index (Phi) is 4.06. The quantitative estimate of drug-likeness (QED) is 0.693. The van der Waals surface area contributed by atoms with Crippen molar-refractivity contribution in [1.82, 2.24) is 19.4 Å². The third-order valence-electron chi connectivity index (χ3n) is 4.16. The third kappa shape index (κ3) is 3.18. The van der Waals surface area contributed by atoms with Crippen LogP contribution >= 0.6 is 0 Å². The standard InChI is InChI=1S/C17H16N4O3S/c22-25(23,15-7-4-8-18-10-15)21-11-14(12-21)17-19-16(20-24-17)9-13-5-2-1-3-6-13/h1-8,10,14H,9,11-12H2. The third-order valence-corrected chi connectivity index (χ3v) is 5.97. The largest absolute Gasteiger partial charge is 0.339 e. The maximum atomic E-state index is 12.5. The average molecular weight is 356 g/mol. The van der Waals surface area contributed by atoms with Gasteiger partial charge in [-0.3, -0.25) is 4.98 Å². The van der Waals surface area contributed by atoms with Crippen LogP contribution < -0.4 is 0 Å². The van der Waals surface area contributed by atoms with Gasteiger partial charge >= 0.3 is 0 Å². The van der Waals surface area contributed by atoms with Gasteiger partial charge in [-0.15, -0.1) is 0 Å². The molecule has 7 nitrogen and oxygen atoms in total. The van der Waals surface area contributed by atoms with Gasteiger partial charge in [0.1, 0.15) is 4.90 Å². The van der Waals surface area contributed by atoms with E-state index in [-0.39, 0.29) is 10.8 Å². The van der Waals surface area contributed by atoms with Crippen LogP contribution in [0, 0.1) is 0 Å². The minimum atomic E-state index is -3.50. The molecule has 128 valence electrons. The molecule has 0 amide bonds. The van der Waals surface area contributed by atoms with Gasteiger partial charge in [-0.25, -0.2) is 8.42 Å². The van der Waals surface area contributed by atoms with E-state index in [2.05, 4.69) is 15.1 Å². The minimum Gasteiger partial charge on any atom is -0.339 e. The summed E-state index contributed by atoms with van der Waals surface area (Å²) in [5.74, 6) is 1.03. The first-order chi connectivity index (χ1) is 12.1. The summed E-state index contributed by atoms with van der Waals surface area (Å²) in [4.78, 5) is 8.47. The molecule has 0 saturated carbocycles. The van der Waals surface area contributed by atoms with Crippen molar-refractivity contribution >= 4 is 10.0 Å².